The van der Waals surface area contributed by atoms with E-state index in [1.165, 1.54) is 38.6 Å². The molecular formula is C16H34N2. The molecule has 0 heterocycles. The van der Waals surface area contributed by atoms with E-state index in [4.69, 9.17) is 0 Å². The summed E-state index contributed by atoms with van der Waals surface area (Å²) in [4.78, 5) is 2.58. The molecule has 0 saturated heterocycles. The molecule has 1 fully saturated rings. The molecule has 3 unspecified atom stereocenters. The van der Waals surface area contributed by atoms with Gasteiger partial charge in [-0.1, -0.05) is 33.6 Å². The predicted octanol–water partition coefficient (Wildman–Crippen LogP) is 3.52. The van der Waals surface area contributed by atoms with E-state index in [9.17, 15) is 0 Å². The van der Waals surface area contributed by atoms with Crippen molar-refractivity contribution in [1.82, 2.24) is 10.2 Å². The average Bonchev–Trinajstić information content (AvgIpc) is 2.31. The maximum atomic E-state index is 3.69. The van der Waals surface area contributed by atoms with Gasteiger partial charge in [0.15, 0.2) is 0 Å². The van der Waals surface area contributed by atoms with Crippen LogP contribution in [0, 0.1) is 11.8 Å². The smallest absolute Gasteiger partial charge is 0.0107 e. The van der Waals surface area contributed by atoms with Crippen LogP contribution in [0.3, 0.4) is 0 Å². The molecule has 2 nitrogen and oxygen atoms in total. The van der Waals surface area contributed by atoms with Crippen molar-refractivity contribution in [3.05, 3.63) is 0 Å². The summed E-state index contributed by atoms with van der Waals surface area (Å²) in [7, 11) is 2.31. The molecule has 0 aliphatic heterocycles. The van der Waals surface area contributed by atoms with Gasteiger partial charge in [-0.15, -0.1) is 0 Å². The van der Waals surface area contributed by atoms with Crippen molar-refractivity contribution in [3.63, 3.8) is 0 Å². The summed E-state index contributed by atoms with van der Waals surface area (Å²) < 4.78 is 0. The third-order valence-electron chi connectivity index (χ3n) is 4.46. The molecule has 0 radical (unpaired) electrons. The Bertz CT molecular complexity index is 213. The third kappa shape index (κ3) is 5.27. The molecule has 1 saturated carbocycles. The Kier molecular flexibility index (Phi) is 7.25. The fourth-order valence-electron chi connectivity index (χ4n) is 3.37. The lowest BCUT2D eigenvalue weighted by Gasteiger charge is -2.37. The van der Waals surface area contributed by atoms with E-state index >= 15 is 0 Å². The van der Waals surface area contributed by atoms with Gasteiger partial charge in [-0.05, 0) is 51.6 Å². The summed E-state index contributed by atoms with van der Waals surface area (Å²) in [5, 5.41) is 3.69. The molecule has 1 aliphatic carbocycles. The quantitative estimate of drug-likeness (QED) is 0.748. The van der Waals surface area contributed by atoms with Gasteiger partial charge in [0.1, 0.15) is 0 Å². The Morgan fingerprint density at radius 3 is 2.44 bits per heavy atom. The van der Waals surface area contributed by atoms with Crippen molar-refractivity contribution < 1.29 is 0 Å². The molecule has 2 heteroatoms. The van der Waals surface area contributed by atoms with Crippen molar-refractivity contribution in [3.8, 4) is 0 Å². The lowest BCUT2D eigenvalue weighted by molar-refractivity contribution is 0.150. The summed E-state index contributed by atoms with van der Waals surface area (Å²) in [6, 6.07) is 1.48. The van der Waals surface area contributed by atoms with E-state index < -0.39 is 0 Å². The Labute approximate surface area is 115 Å². The summed E-state index contributed by atoms with van der Waals surface area (Å²) in [5.41, 5.74) is 0. The first-order valence-electron chi connectivity index (χ1n) is 7.98. The molecule has 0 aromatic rings. The maximum absolute atomic E-state index is 3.69. The van der Waals surface area contributed by atoms with Crippen molar-refractivity contribution in [2.24, 2.45) is 11.8 Å². The van der Waals surface area contributed by atoms with Crippen LogP contribution >= 0.6 is 0 Å². The number of hydrogen-bond acceptors (Lipinski definition) is 2. The first-order chi connectivity index (χ1) is 8.54. The minimum Gasteiger partial charge on any atom is -0.314 e. The summed E-state index contributed by atoms with van der Waals surface area (Å²) in [6.45, 7) is 11.7. The molecule has 0 spiro atoms. The second-order valence-corrected chi connectivity index (χ2v) is 6.63. The van der Waals surface area contributed by atoms with Crippen LogP contribution in [0.2, 0.25) is 0 Å². The monoisotopic (exact) mass is 254 g/mol. The number of hydrogen-bond donors (Lipinski definition) is 1. The molecule has 1 N–H and O–H groups in total. The zero-order valence-electron chi connectivity index (χ0n) is 13.2. The standard InChI is InChI=1S/C16H34N2/c1-6-17-16-10-8-7-9-15(16)12-18(5)14(4)11-13(2)3/h13-17H,6-12H2,1-5H3. The van der Waals surface area contributed by atoms with Crippen LogP contribution < -0.4 is 5.32 Å². The SMILES string of the molecule is CCNC1CCCCC1CN(C)C(C)CC(C)C. The van der Waals surface area contributed by atoms with Gasteiger partial charge in [0.05, 0.1) is 0 Å². The molecule has 18 heavy (non-hydrogen) atoms. The lowest BCUT2D eigenvalue weighted by Crippen LogP contribution is -2.45. The van der Waals surface area contributed by atoms with E-state index in [1.54, 1.807) is 0 Å². The summed E-state index contributed by atoms with van der Waals surface area (Å²) in [6.07, 6.45) is 6.95. The van der Waals surface area contributed by atoms with Crippen LogP contribution in [0.4, 0.5) is 0 Å². The number of rotatable bonds is 7. The van der Waals surface area contributed by atoms with Gasteiger partial charge >= 0.3 is 0 Å². The Morgan fingerprint density at radius 1 is 1.17 bits per heavy atom. The van der Waals surface area contributed by atoms with Crippen LogP contribution in [0.1, 0.15) is 59.8 Å². The van der Waals surface area contributed by atoms with Crippen LogP contribution in [-0.2, 0) is 0 Å². The minimum absolute atomic E-state index is 0.717. The van der Waals surface area contributed by atoms with Crippen molar-refractivity contribution in [2.75, 3.05) is 20.1 Å². The Balaban J connectivity index is 2.42. The lowest BCUT2D eigenvalue weighted by atomic mass is 9.83. The van der Waals surface area contributed by atoms with Gasteiger partial charge in [-0.2, -0.15) is 0 Å². The molecule has 0 aromatic carbocycles. The zero-order chi connectivity index (χ0) is 13.5. The largest absolute Gasteiger partial charge is 0.314 e. The van der Waals surface area contributed by atoms with Gasteiger partial charge in [0.25, 0.3) is 0 Å². The topological polar surface area (TPSA) is 15.3 Å². The predicted molar refractivity (Wildman–Crippen MR) is 81.0 cm³/mol. The van der Waals surface area contributed by atoms with Crippen LogP contribution in [-0.4, -0.2) is 37.1 Å². The highest BCUT2D eigenvalue weighted by Gasteiger charge is 2.26. The van der Waals surface area contributed by atoms with Crippen molar-refractivity contribution in [2.45, 2.75) is 71.9 Å². The molecule has 1 rings (SSSR count). The van der Waals surface area contributed by atoms with Crippen LogP contribution in [0.5, 0.6) is 0 Å². The normalized spacial score (nSPS) is 26.8. The average molecular weight is 254 g/mol. The van der Waals surface area contributed by atoms with E-state index in [2.05, 4.69) is 45.0 Å². The van der Waals surface area contributed by atoms with Gasteiger partial charge < -0.3 is 10.2 Å². The highest BCUT2D eigenvalue weighted by Crippen LogP contribution is 2.26. The highest BCUT2D eigenvalue weighted by molar-refractivity contribution is 4.83. The molecule has 3 atom stereocenters. The first-order valence-corrected chi connectivity index (χ1v) is 7.98. The minimum atomic E-state index is 0.717. The fourth-order valence-corrected chi connectivity index (χ4v) is 3.37. The third-order valence-corrected chi connectivity index (χ3v) is 4.46. The fraction of sp³-hybridized carbons (Fsp3) is 1.00. The second-order valence-electron chi connectivity index (χ2n) is 6.63. The number of nitrogens with zero attached hydrogens (tertiary/aromatic N) is 1. The van der Waals surface area contributed by atoms with E-state index in [0.717, 1.165) is 24.4 Å². The Hall–Kier alpha value is -0.0800. The molecule has 0 bridgehead atoms. The van der Waals surface area contributed by atoms with Crippen LogP contribution in [0.15, 0.2) is 0 Å². The van der Waals surface area contributed by atoms with E-state index in [1.807, 2.05) is 0 Å². The molecule has 108 valence electrons. The van der Waals surface area contributed by atoms with Crippen LogP contribution in [0.25, 0.3) is 0 Å². The molecule has 0 aromatic heterocycles. The molecule has 1 aliphatic rings. The second kappa shape index (κ2) is 8.16. The maximum Gasteiger partial charge on any atom is 0.0107 e. The van der Waals surface area contributed by atoms with Crippen molar-refractivity contribution in [1.29, 1.82) is 0 Å². The van der Waals surface area contributed by atoms with Crippen molar-refractivity contribution >= 4 is 0 Å². The van der Waals surface area contributed by atoms with Gasteiger partial charge in [0, 0.05) is 18.6 Å². The Morgan fingerprint density at radius 2 is 1.83 bits per heavy atom. The summed E-state index contributed by atoms with van der Waals surface area (Å²) >= 11 is 0. The summed E-state index contributed by atoms with van der Waals surface area (Å²) in [5.74, 6) is 1.66. The van der Waals surface area contributed by atoms with E-state index in [-0.39, 0.29) is 0 Å². The molecule has 0 amide bonds. The van der Waals surface area contributed by atoms with Gasteiger partial charge in [-0.3, -0.25) is 0 Å². The van der Waals surface area contributed by atoms with Gasteiger partial charge in [-0.25, -0.2) is 0 Å². The first kappa shape index (κ1) is 16.0. The highest BCUT2D eigenvalue weighted by atomic mass is 15.1. The molecular weight excluding hydrogens is 220 g/mol. The van der Waals surface area contributed by atoms with E-state index in [0.29, 0.717) is 6.04 Å². The number of nitrogens with one attached hydrogen (secondary N) is 1. The van der Waals surface area contributed by atoms with Gasteiger partial charge in [0.2, 0.25) is 0 Å². The zero-order valence-corrected chi connectivity index (χ0v) is 13.2.